The molecule has 0 saturated carbocycles. The van der Waals surface area contributed by atoms with Crippen LogP contribution in [0.1, 0.15) is 25.0 Å². The molecule has 31 heavy (non-hydrogen) atoms. The number of aryl methyl sites for hydroxylation is 1. The third kappa shape index (κ3) is 6.68. The highest BCUT2D eigenvalue weighted by molar-refractivity contribution is 5.93. The number of nitrogens with one attached hydrogen (secondary N) is 1. The topological polar surface area (TPSA) is 78.7 Å². The molecule has 0 spiro atoms. The molecular formula is C23H32Cl2N4O2. The van der Waals surface area contributed by atoms with Crippen LogP contribution in [0.25, 0.3) is 0 Å². The molecule has 6 nitrogen and oxygen atoms in total. The molecule has 2 aromatic carbocycles. The summed E-state index contributed by atoms with van der Waals surface area (Å²) < 4.78 is 0. The van der Waals surface area contributed by atoms with Gasteiger partial charge in [-0.05, 0) is 30.5 Å². The van der Waals surface area contributed by atoms with Crippen molar-refractivity contribution in [1.29, 1.82) is 0 Å². The van der Waals surface area contributed by atoms with Crippen molar-refractivity contribution in [2.24, 2.45) is 5.73 Å². The van der Waals surface area contributed by atoms with Crippen molar-refractivity contribution in [3.05, 3.63) is 65.7 Å². The van der Waals surface area contributed by atoms with Crippen LogP contribution in [-0.2, 0) is 21.5 Å². The Bertz CT molecular complexity index is 854. The predicted molar refractivity (Wildman–Crippen MR) is 130 cm³/mol. The Balaban J connectivity index is 0.00000240. The van der Waals surface area contributed by atoms with E-state index in [1.807, 2.05) is 54.6 Å². The van der Waals surface area contributed by atoms with Crippen LogP contribution in [0.3, 0.4) is 0 Å². The van der Waals surface area contributed by atoms with Gasteiger partial charge in [0.25, 0.3) is 0 Å². The molecule has 3 N–H and O–H groups in total. The van der Waals surface area contributed by atoms with Gasteiger partial charge in [0.2, 0.25) is 11.8 Å². The predicted octanol–water partition coefficient (Wildman–Crippen LogP) is 3.05. The summed E-state index contributed by atoms with van der Waals surface area (Å²) in [5.41, 5.74) is 8.12. The fourth-order valence-electron chi connectivity index (χ4n) is 3.69. The number of rotatable bonds is 6. The van der Waals surface area contributed by atoms with Crippen LogP contribution in [0.4, 0.5) is 5.69 Å². The maximum atomic E-state index is 13.0. The Hall–Kier alpha value is -2.12. The van der Waals surface area contributed by atoms with E-state index in [1.54, 1.807) is 11.8 Å². The third-order valence-corrected chi connectivity index (χ3v) is 5.52. The van der Waals surface area contributed by atoms with Crippen molar-refractivity contribution < 1.29 is 9.59 Å². The minimum Gasteiger partial charge on any atom is -0.338 e. The number of para-hydroxylation sites is 1. The minimum atomic E-state index is -1.05. The zero-order valence-electron chi connectivity index (χ0n) is 18.0. The summed E-state index contributed by atoms with van der Waals surface area (Å²) in [7, 11) is 0. The van der Waals surface area contributed by atoms with Crippen molar-refractivity contribution >= 4 is 42.3 Å². The summed E-state index contributed by atoms with van der Waals surface area (Å²) in [6.07, 6.45) is 0.872. The average Bonchev–Trinajstić information content (AvgIpc) is 2.74. The number of amides is 2. The highest BCUT2D eigenvalue weighted by Crippen LogP contribution is 2.21. The lowest BCUT2D eigenvalue weighted by Crippen LogP contribution is -2.57. The Morgan fingerprint density at radius 3 is 2.16 bits per heavy atom. The Labute approximate surface area is 197 Å². The molecule has 0 aromatic heterocycles. The monoisotopic (exact) mass is 466 g/mol. The minimum absolute atomic E-state index is 0. The molecular weight excluding hydrogens is 435 g/mol. The van der Waals surface area contributed by atoms with Gasteiger partial charge in [-0.25, -0.2) is 0 Å². The lowest BCUT2D eigenvalue weighted by atomic mass is 9.91. The molecule has 3 rings (SSSR count). The molecule has 170 valence electrons. The lowest BCUT2D eigenvalue weighted by molar-refractivity contribution is -0.138. The van der Waals surface area contributed by atoms with Gasteiger partial charge in [0.1, 0.15) is 5.54 Å². The summed E-state index contributed by atoms with van der Waals surface area (Å²) in [5.74, 6) is -0.108. The number of hydrogen-bond donors (Lipinski definition) is 2. The third-order valence-electron chi connectivity index (χ3n) is 5.52. The molecule has 1 aliphatic heterocycles. The first kappa shape index (κ1) is 26.9. The first-order chi connectivity index (χ1) is 13.9. The normalized spacial score (nSPS) is 15.8. The number of nitrogens with two attached hydrogens (primary N) is 1. The van der Waals surface area contributed by atoms with Gasteiger partial charge in [0.05, 0.1) is 6.54 Å². The Morgan fingerprint density at radius 1 is 0.968 bits per heavy atom. The standard InChI is InChI=1S/C23H30N4O2.2ClH/c1-3-18-9-7-8-12-20(18)25-21(28)17-26-13-15-27(16-14-26)22(29)23(2,24)19-10-5-4-6-11-19;;/h4-12H,3,13-17,24H2,1-2H3,(H,25,28);2*1H. The largest absolute Gasteiger partial charge is 0.338 e. The van der Waals surface area contributed by atoms with Crippen LogP contribution >= 0.6 is 24.8 Å². The summed E-state index contributed by atoms with van der Waals surface area (Å²) in [4.78, 5) is 29.3. The summed E-state index contributed by atoms with van der Waals surface area (Å²) in [5, 5.41) is 3.01. The van der Waals surface area contributed by atoms with E-state index in [-0.39, 0.29) is 36.6 Å². The second-order valence-electron chi connectivity index (χ2n) is 7.70. The van der Waals surface area contributed by atoms with Crippen molar-refractivity contribution in [2.75, 3.05) is 38.0 Å². The van der Waals surface area contributed by atoms with E-state index >= 15 is 0 Å². The van der Waals surface area contributed by atoms with Gasteiger partial charge in [-0.2, -0.15) is 0 Å². The average molecular weight is 467 g/mol. The van der Waals surface area contributed by atoms with E-state index in [1.165, 1.54) is 0 Å². The first-order valence-electron chi connectivity index (χ1n) is 10.2. The second-order valence-corrected chi connectivity index (χ2v) is 7.70. The quantitative estimate of drug-likeness (QED) is 0.685. The van der Waals surface area contributed by atoms with Crippen LogP contribution in [0.5, 0.6) is 0 Å². The fourth-order valence-corrected chi connectivity index (χ4v) is 3.69. The number of carbonyl (C=O) groups excluding carboxylic acids is 2. The van der Waals surface area contributed by atoms with E-state index < -0.39 is 5.54 Å². The molecule has 1 heterocycles. The van der Waals surface area contributed by atoms with Crippen LogP contribution in [-0.4, -0.2) is 54.3 Å². The number of anilines is 1. The molecule has 8 heteroatoms. The number of halogens is 2. The van der Waals surface area contributed by atoms with E-state index in [0.29, 0.717) is 32.7 Å². The Kier molecular flexibility index (Phi) is 10.5. The van der Waals surface area contributed by atoms with E-state index in [0.717, 1.165) is 23.2 Å². The maximum Gasteiger partial charge on any atom is 0.247 e. The van der Waals surface area contributed by atoms with Crippen molar-refractivity contribution in [2.45, 2.75) is 25.8 Å². The number of carbonyl (C=O) groups is 2. The molecule has 0 aliphatic carbocycles. The summed E-state index contributed by atoms with van der Waals surface area (Å²) >= 11 is 0. The molecule has 1 aliphatic rings. The maximum absolute atomic E-state index is 13.0. The van der Waals surface area contributed by atoms with Crippen molar-refractivity contribution in [1.82, 2.24) is 9.80 Å². The number of benzene rings is 2. The summed E-state index contributed by atoms with van der Waals surface area (Å²) in [6, 6.07) is 17.3. The molecule has 1 unspecified atom stereocenters. The summed E-state index contributed by atoms with van der Waals surface area (Å²) in [6.45, 7) is 6.59. The molecule has 2 amide bonds. The van der Waals surface area contributed by atoms with Gasteiger partial charge in [0.15, 0.2) is 0 Å². The van der Waals surface area contributed by atoms with E-state index in [4.69, 9.17) is 5.73 Å². The zero-order valence-corrected chi connectivity index (χ0v) is 19.7. The molecule has 0 bridgehead atoms. The highest BCUT2D eigenvalue weighted by atomic mass is 35.5. The Morgan fingerprint density at radius 2 is 1.55 bits per heavy atom. The van der Waals surface area contributed by atoms with Crippen LogP contribution in [0, 0.1) is 0 Å². The fraction of sp³-hybridized carbons (Fsp3) is 0.391. The molecule has 1 fully saturated rings. The second kappa shape index (κ2) is 12.1. The number of nitrogens with zero attached hydrogens (tertiary/aromatic N) is 2. The highest BCUT2D eigenvalue weighted by Gasteiger charge is 2.35. The van der Waals surface area contributed by atoms with Gasteiger partial charge in [-0.3, -0.25) is 14.5 Å². The number of piperazine rings is 1. The van der Waals surface area contributed by atoms with Gasteiger partial charge in [0, 0.05) is 31.9 Å². The lowest BCUT2D eigenvalue weighted by Gasteiger charge is -2.38. The first-order valence-corrected chi connectivity index (χ1v) is 10.2. The van der Waals surface area contributed by atoms with Crippen molar-refractivity contribution in [3.63, 3.8) is 0 Å². The molecule has 1 atom stereocenters. The van der Waals surface area contributed by atoms with E-state index in [2.05, 4.69) is 17.1 Å². The smallest absolute Gasteiger partial charge is 0.247 e. The van der Waals surface area contributed by atoms with Crippen LogP contribution in [0.2, 0.25) is 0 Å². The van der Waals surface area contributed by atoms with Gasteiger partial charge >= 0.3 is 0 Å². The SMILES string of the molecule is CCc1ccccc1NC(=O)CN1CCN(C(=O)C(C)(N)c2ccccc2)CC1.Cl.Cl. The van der Waals surface area contributed by atoms with Crippen LogP contribution < -0.4 is 11.1 Å². The molecule has 2 aromatic rings. The van der Waals surface area contributed by atoms with Gasteiger partial charge in [-0.15, -0.1) is 24.8 Å². The number of hydrogen-bond acceptors (Lipinski definition) is 4. The van der Waals surface area contributed by atoms with Crippen molar-refractivity contribution in [3.8, 4) is 0 Å². The zero-order chi connectivity index (χ0) is 20.9. The van der Waals surface area contributed by atoms with Gasteiger partial charge in [-0.1, -0.05) is 55.5 Å². The molecule has 0 radical (unpaired) electrons. The van der Waals surface area contributed by atoms with Crippen LogP contribution in [0.15, 0.2) is 54.6 Å². The van der Waals surface area contributed by atoms with E-state index in [9.17, 15) is 9.59 Å². The molecule has 1 saturated heterocycles. The van der Waals surface area contributed by atoms with Gasteiger partial charge < -0.3 is 16.0 Å².